The number of likely N-dealkylation sites (N-methyl/N-ethyl adjacent to an activating group) is 1. The molecule has 5 nitrogen and oxygen atoms in total. The fourth-order valence-corrected chi connectivity index (χ4v) is 1.81. The van der Waals surface area contributed by atoms with Crippen LogP contribution in [0.1, 0.15) is 6.92 Å². The molecule has 0 aliphatic rings. The van der Waals surface area contributed by atoms with Crippen LogP contribution in [0.5, 0.6) is 5.75 Å². The van der Waals surface area contributed by atoms with E-state index in [0.717, 1.165) is 0 Å². The van der Waals surface area contributed by atoms with E-state index in [1.54, 1.807) is 37.4 Å². The summed E-state index contributed by atoms with van der Waals surface area (Å²) in [6, 6.07) is 4.91. The van der Waals surface area contributed by atoms with E-state index in [1.165, 1.54) is 18.1 Å². The highest BCUT2D eigenvalue weighted by molar-refractivity contribution is 6.31. The maximum absolute atomic E-state index is 12.0. The quantitative estimate of drug-likeness (QED) is 0.647. The minimum absolute atomic E-state index is 0.0747. The van der Waals surface area contributed by atoms with Gasteiger partial charge in [-0.3, -0.25) is 9.59 Å². The highest BCUT2D eigenvalue weighted by Crippen LogP contribution is 2.27. The minimum Gasteiger partial charge on any atom is -0.495 e. The number of halogens is 1. The van der Waals surface area contributed by atoms with Crippen molar-refractivity contribution in [2.75, 3.05) is 26.0 Å². The van der Waals surface area contributed by atoms with E-state index in [1.807, 2.05) is 13.0 Å². The maximum atomic E-state index is 12.0. The number of carbonyl (C=O) groups excluding carboxylic acids is 2. The van der Waals surface area contributed by atoms with Gasteiger partial charge in [0.1, 0.15) is 5.75 Å². The molecule has 0 aliphatic heterocycles. The van der Waals surface area contributed by atoms with Crippen LogP contribution in [0.25, 0.3) is 0 Å². The molecule has 0 aliphatic carbocycles. The topological polar surface area (TPSA) is 58.6 Å². The Bertz CT molecular complexity index is 597. The standard InChI is InChI=1S/C16H19ClN2O3/c1-4-5-6-7-16(21)19(2)11-15(20)18-13-10-12(17)8-9-14(13)22-3/h4-10H,11H2,1-3H3,(H,18,20)/b5-4+,7-6+. The molecule has 0 unspecified atom stereocenters. The molecule has 0 heterocycles. The number of carbonyl (C=O) groups is 2. The second kappa shape index (κ2) is 8.89. The van der Waals surface area contributed by atoms with Crippen LogP contribution in [0.15, 0.2) is 42.5 Å². The van der Waals surface area contributed by atoms with E-state index in [9.17, 15) is 9.59 Å². The van der Waals surface area contributed by atoms with E-state index >= 15 is 0 Å². The molecular weight excluding hydrogens is 304 g/mol. The second-order valence-corrected chi connectivity index (χ2v) is 4.91. The monoisotopic (exact) mass is 322 g/mol. The average Bonchev–Trinajstić information content (AvgIpc) is 2.47. The van der Waals surface area contributed by atoms with Crippen LogP contribution in [0, 0.1) is 0 Å². The fourth-order valence-electron chi connectivity index (χ4n) is 1.64. The third-order valence-corrected chi connectivity index (χ3v) is 2.97. The molecule has 1 rings (SSSR count). The van der Waals surface area contributed by atoms with Crippen molar-refractivity contribution in [3.8, 4) is 5.75 Å². The first-order valence-electron chi connectivity index (χ1n) is 6.65. The van der Waals surface area contributed by atoms with Crippen molar-refractivity contribution in [3.63, 3.8) is 0 Å². The van der Waals surface area contributed by atoms with E-state index < -0.39 is 0 Å². The van der Waals surface area contributed by atoms with E-state index in [2.05, 4.69) is 5.32 Å². The zero-order chi connectivity index (χ0) is 16.5. The zero-order valence-electron chi connectivity index (χ0n) is 12.8. The molecule has 0 radical (unpaired) electrons. The molecule has 0 saturated heterocycles. The maximum Gasteiger partial charge on any atom is 0.246 e. The van der Waals surface area contributed by atoms with Gasteiger partial charge < -0.3 is 15.0 Å². The van der Waals surface area contributed by atoms with Crippen molar-refractivity contribution < 1.29 is 14.3 Å². The third kappa shape index (κ3) is 5.61. The van der Waals surface area contributed by atoms with Crippen LogP contribution in [0.4, 0.5) is 5.69 Å². The molecule has 118 valence electrons. The number of hydrogen-bond donors (Lipinski definition) is 1. The highest BCUT2D eigenvalue weighted by Gasteiger charge is 2.12. The lowest BCUT2D eigenvalue weighted by atomic mass is 10.3. The summed E-state index contributed by atoms with van der Waals surface area (Å²) < 4.78 is 5.15. The summed E-state index contributed by atoms with van der Waals surface area (Å²) in [4.78, 5) is 25.1. The molecule has 1 aromatic rings. The number of allylic oxidation sites excluding steroid dienone is 3. The number of amides is 2. The van der Waals surface area contributed by atoms with Gasteiger partial charge in [0.05, 0.1) is 19.3 Å². The lowest BCUT2D eigenvalue weighted by molar-refractivity contribution is -0.129. The Hall–Kier alpha value is -2.27. The number of benzene rings is 1. The molecule has 0 fully saturated rings. The van der Waals surface area contributed by atoms with E-state index in [-0.39, 0.29) is 18.4 Å². The van der Waals surface area contributed by atoms with Crippen molar-refractivity contribution >= 4 is 29.1 Å². The first-order valence-corrected chi connectivity index (χ1v) is 7.03. The molecule has 1 N–H and O–H groups in total. The van der Waals surface area contributed by atoms with Gasteiger partial charge in [-0.05, 0) is 25.1 Å². The van der Waals surface area contributed by atoms with Crippen molar-refractivity contribution in [1.29, 1.82) is 0 Å². The Balaban J connectivity index is 2.66. The summed E-state index contributed by atoms with van der Waals surface area (Å²) in [5.41, 5.74) is 0.463. The number of methoxy groups -OCH3 is 1. The molecule has 0 aromatic heterocycles. The Kier molecular flexibility index (Phi) is 7.19. The normalized spacial score (nSPS) is 10.9. The summed E-state index contributed by atoms with van der Waals surface area (Å²) in [7, 11) is 3.05. The van der Waals surface area contributed by atoms with Gasteiger partial charge in [0.25, 0.3) is 0 Å². The first-order chi connectivity index (χ1) is 10.5. The van der Waals surface area contributed by atoms with Gasteiger partial charge in [-0.25, -0.2) is 0 Å². The van der Waals surface area contributed by atoms with Gasteiger partial charge in [0, 0.05) is 18.1 Å². The van der Waals surface area contributed by atoms with E-state index in [4.69, 9.17) is 16.3 Å². The third-order valence-electron chi connectivity index (χ3n) is 2.73. The summed E-state index contributed by atoms with van der Waals surface area (Å²) in [6.07, 6.45) is 6.56. The summed E-state index contributed by atoms with van der Waals surface area (Å²) in [6.45, 7) is 1.78. The first kappa shape index (κ1) is 17.8. The minimum atomic E-state index is -0.337. The van der Waals surface area contributed by atoms with Crippen LogP contribution >= 0.6 is 11.6 Å². The van der Waals surface area contributed by atoms with Crippen LogP contribution < -0.4 is 10.1 Å². The van der Waals surface area contributed by atoms with Crippen LogP contribution in [-0.4, -0.2) is 37.4 Å². The Labute approximate surface area is 135 Å². The fraction of sp³-hybridized carbons (Fsp3) is 0.250. The van der Waals surface area contributed by atoms with Crippen LogP contribution in [0.3, 0.4) is 0 Å². The molecule has 0 saturated carbocycles. The summed E-state index contributed by atoms with van der Waals surface area (Å²) in [5, 5.41) is 3.16. The van der Waals surface area contributed by atoms with Crippen molar-refractivity contribution in [2.45, 2.75) is 6.92 Å². The van der Waals surface area contributed by atoms with Crippen LogP contribution in [0.2, 0.25) is 5.02 Å². The molecule has 2 amide bonds. The lowest BCUT2D eigenvalue weighted by Crippen LogP contribution is -2.33. The number of hydrogen-bond acceptors (Lipinski definition) is 3. The smallest absolute Gasteiger partial charge is 0.246 e. The van der Waals surface area contributed by atoms with Gasteiger partial charge in [0.2, 0.25) is 11.8 Å². The molecular formula is C16H19ClN2O3. The SMILES string of the molecule is C/C=C/C=C/C(=O)N(C)CC(=O)Nc1cc(Cl)ccc1OC. The number of nitrogens with zero attached hydrogens (tertiary/aromatic N) is 1. The molecule has 6 heteroatoms. The van der Waals surface area contributed by atoms with Crippen LogP contribution in [-0.2, 0) is 9.59 Å². The van der Waals surface area contributed by atoms with Gasteiger partial charge in [-0.1, -0.05) is 29.8 Å². The Morgan fingerprint density at radius 2 is 2.09 bits per heavy atom. The molecule has 22 heavy (non-hydrogen) atoms. The van der Waals surface area contributed by atoms with Gasteiger partial charge in [-0.2, -0.15) is 0 Å². The van der Waals surface area contributed by atoms with Gasteiger partial charge in [0.15, 0.2) is 0 Å². The number of rotatable bonds is 6. The number of ether oxygens (including phenoxy) is 1. The predicted octanol–water partition coefficient (Wildman–Crippen LogP) is 2.88. The molecule has 0 atom stereocenters. The Morgan fingerprint density at radius 3 is 2.73 bits per heavy atom. The zero-order valence-corrected chi connectivity index (χ0v) is 13.6. The summed E-state index contributed by atoms with van der Waals surface area (Å²) in [5.74, 6) is -0.0955. The van der Waals surface area contributed by atoms with Crippen molar-refractivity contribution in [2.24, 2.45) is 0 Å². The second-order valence-electron chi connectivity index (χ2n) is 4.47. The largest absolute Gasteiger partial charge is 0.495 e. The van der Waals surface area contributed by atoms with E-state index in [0.29, 0.717) is 16.5 Å². The number of anilines is 1. The lowest BCUT2D eigenvalue weighted by Gasteiger charge is -2.16. The molecule has 0 spiro atoms. The number of nitrogens with one attached hydrogen (secondary N) is 1. The van der Waals surface area contributed by atoms with Crippen molar-refractivity contribution in [3.05, 3.63) is 47.5 Å². The molecule has 0 bridgehead atoms. The highest BCUT2D eigenvalue weighted by atomic mass is 35.5. The summed E-state index contributed by atoms with van der Waals surface area (Å²) >= 11 is 5.90. The molecule has 1 aromatic carbocycles. The van der Waals surface area contributed by atoms with Gasteiger partial charge >= 0.3 is 0 Å². The van der Waals surface area contributed by atoms with Crippen molar-refractivity contribution in [1.82, 2.24) is 4.90 Å². The predicted molar refractivity (Wildman–Crippen MR) is 88.2 cm³/mol. The average molecular weight is 323 g/mol. The van der Waals surface area contributed by atoms with Gasteiger partial charge in [-0.15, -0.1) is 0 Å². The Morgan fingerprint density at radius 1 is 1.36 bits per heavy atom.